The number of amides is 1. The molecule has 0 radical (unpaired) electrons. The van der Waals surface area contributed by atoms with Crippen molar-refractivity contribution in [1.82, 2.24) is 0 Å². The van der Waals surface area contributed by atoms with E-state index in [1.165, 1.54) is 6.08 Å². The molecule has 0 saturated heterocycles. The molecule has 8 heteroatoms. The van der Waals surface area contributed by atoms with Crippen LogP contribution >= 0.6 is 23.2 Å². The number of hydrogen-bond acceptors (Lipinski definition) is 5. The third kappa shape index (κ3) is 8.52. The minimum Gasteiger partial charge on any atom is -0.490 e. The van der Waals surface area contributed by atoms with Gasteiger partial charge in [0.15, 0.2) is 11.5 Å². The Hall–Kier alpha value is -4.44. The van der Waals surface area contributed by atoms with Crippen LogP contribution in [-0.4, -0.2) is 12.5 Å². The number of benzene rings is 4. The molecule has 0 aliphatic carbocycles. The number of nitriles is 1. The van der Waals surface area contributed by atoms with Crippen LogP contribution in [0.4, 0.5) is 5.69 Å². The van der Waals surface area contributed by atoms with Gasteiger partial charge in [-0.1, -0.05) is 65.2 Å². The van der Waals surface area contributed by atoms with Gasteiger partial charge in [-0.15, -0.1) is 0 Å². The highest BCUT2D eigenvalue weighted by atomic mass is 35.5. The van der Waals surface area contributed by atoms with Crippen molar-refractivity contribution in [1.29, 1.82) is 5.26 Å². The Labute approximate surface area is 249 Å². The summed E-state index contributed by atoms with van der Waals surface area (Å²) in [4.78, 5) is 12.9. The van der Waals surface area contributed by atoms with Gasteiger partial charge in [0.2, 0.25) is 0 Å². The second-order valence-corrected chi connectivity index (χ2v) is 9.95. The van der Waals surface area contributed by atoms with Crippen molar-refractivity contribution in [2.24, 2.45) is 0 Å². The van der Waals surface area contributed by atoms with Crippen LogP contribution in [0.5, 0.6) is 17.2 Å². The van der Waals surface area contributed by atoms with Crippen LogP contribution in [0.3, 0.4) is 0 Å². The number of carbonyl (C=O) groups excluding carboxylic acids is 1. The smallest absolute Gasteiger partial charge is 0.266 e. The highest BCUT2D eigenvalue weighted by Crippen LogP contribution is 2.38. The average molecular weight is 588 g/mol. The fraction of sp³-hybridized carbons (Fsp3) is 0.152. The first kappa shape index (κ1) is 29.5. The number of anilines is 1. The van der Waals surface area contributed by atoms with Crippen LogP contribution in [0.15, 0.2) is 90.5 Å². The van der Waals surface area contributed by atoms with Crippen LogP contribution in [0.2, 0.25) is 10.0 Å². The summed E-state index contributed by atoms with van der Waals surface area (Å²) in [5.41, 5.74) is 4.05. The first-order valence-corrected chi connectivity index (χ1v) is 13.7. The number of aryl methyl sites for hydroxylation is 1. The van der Waals surface area contributed by atoms with Gasteiger partial charge in [-0.3, -0.25) is 4.79 Å². The minimum absolute atomic E-state index is 0.0972. The Kier molecular flexibility index (Phi) is 10.3. The van der Waals surface area contributed by atoms with E-state index in [2.05, 4.69) is 5.32 Å². The maximum atomic E-state index is 12.9. The summed E-state index contributed by atoms with van der Waals surface area (Å²) in [5, 5.41) is 13.4. The zero-order valence-electron chi connectivity index (χ0n) is 22.6. The molecule has 4 aromatic rings. The normalized spacial score (nSPS) is 11.0. The van der Waals surface area contributed by atoms with E-state index in [0.29, 0.717) is 58.4 Å². The van der Waals surface area contributed by atoms with E-state index in [0.717, 1.165) is 16.7 Å². The maximum Gasteiger partial charge on any atom is 0.266 e. The molecule has 4 rings (SSSR count). The van der Waals surface area contributed by atoms with Crippen LogP contribution in [0.1, 0.15) is 29.2 Å². The second-order valence-electron chi connectivity index (χ2n) is 9.10. The Balaban J connectivity index is 1.43. The fourth-order valence-corrected chi connectivity index (χ4v) is 4.33. The van der Waals surface area contributed by atoms with Crippen molar-refractivity contribution >= 4 is 40.9 Å². The van der Waals surface area contributed by atoms with Crippen LogP contribution in [0.25, 0.3) is 6.08 Å². The second kappa shape index (κ2) is 14.3. The van der Waals surface area contributed by atoms with E-state index >= 15 is 0 Å². The van der Waals surface area contributed by atoms with E-state index < -0.39 is 5.91 Å². The number of rotatable bonds is 11. The SMILES string of the molecule is CCOc1cc(/C=C(\C#N)C(=O)Nc2ccc(OCc3ccc(Cl)cc3)cc2)cc(Cl)c1OCc1cccc(C)c1. The summed E-state index contributed by atoms with van der Waals surface area (Å²) in [6, 6.07) is 27.6. The number of halogens is 2. The molecule has 4 aromatic carbocycles. The van der Waals surface area contributed by atoms with Gasteiger partial charge in [0.1, 0.15) is 30.6 Å². The molecule has 6 nitrogen and oxygen atoms in total. The predicted molar refractivity (Wildman–Crippen MR) is 163 cm³/mol. The zero-order valence-corrected chi connectivity index (χ0v) is 24.1. The van der Waals surface area contributed by atoms with Gasteiger partial charge in [0.25, 0.3) is 5.91 Å². The Morgan fingerprint density at radius 2 is 1.63 bits per heavy atom. The van der Waals surface area contributed by atoms with E-state index in [4.69, 9.17) is 37.4 Å². The van der Waals surface area contributed by atoms with Gasteiger partial charge in [0.05, 0.1) is 11.6 Å². The number of carbonyl (C=O) groups is 1. The molecule has 208 valence electrons. The van der Waals surface area contributed by atoms with Crippen molar-refractivity contribution < 1.29 is 19.0 Å². The lowest BCUT2D eigenvalue weighted by Gasteiger charge is -2.15. The van der Waals surface area contributed by atoms with E-state index in [1.54, 1.807) is 48.5 Å². The number of nitrogens with zero attached hydrogens (tertiary/aromatic N) is 1. The highest BCUT2D eigenvalue weighted by molar-refractivity contribution is 6.32. The molecule has 0 saturated carbocycles. The number of nitrogens with one attached hydrogen (secondary N) is 1. The van der Waals surface area contributed by atoms with Gasteiger partial charge in [-0.05, 0) is 85.1 Å². The first-order valence-electron chi connectivity index (χ1n) is 12.9. The molecule has 0 aliphatic rings. The lowest BCUT2D eigenvalue weighted by Crippen LogP contribution is -2.13. The third-order valence-electron chi connectivity index (χ3n) is 5.90. The topological polar surface area (TPSA) is 80.6 Å². The van der Waals surface area contributed by atoms with Crippen LogP contribution in [-0.2, 0) is 18.0 Å². The Morgan fingerprint density at radius 3 is 2.32 bits per heavy atom. The molecular weight excluding hydrogens is 559 g/mol. The molecule has 0 unspecified atom stereocenters. The average Bonchev–Trinajstić information content (AvgIpc) is 2.96. The fourth-order valence-electron chi connectivity index (χ4n) is 3.93. The van der Waals surface area contributed by atoms with Crippen molar-refractivity contribution in [2.75, 3.05) is 11.9 Å². The van der Waals surface area contributed by atoms with Gasteiger partial charge in [-0.2, -0.15) is 5.26 Å². The quantitative estimate of drug-likeness (QED) is 0.141. The van der Waals surface area contributed by atoms with Crippen molar-refractivity contribution in [3.63, 3.8) is 0 Å². The summed E-state index contributed by atoms with van der Waals surface area (Å²) in [7, 11) is 0. The molecule has 1 N–H and O–H groups in total. The lowest BCUT2D eigenvalue weighted by molar-refractivity contribution is -0.112. The molecule has 0 bridgehead atoms. The minimum atomic E-state index is -0.559. The van der Waals surface area contributed by atoms with Crippen molar-refractivity contribution in [2.45, 2.75) is 27.1 Å². The van der Waals surface area contributed by atoms with Crippen molar-refractivity contribution in [3.05, 3.63) is 123 Å². The summed E-state index contributed by atoms with van der Waals surface area (Å²) in [6.45, 7) is 4.94. The van der Waals surface area contributed by atoms with E-state index in [9.17, 15) is 10.1 Å². The van der Waals surface area contributed by atoms with Gasteiger partial charge >= 0.3 is 0 Å². The van der Waals surface area contributed by atoms with Crippen LogP contribution in [0, 0.1) is 18.3 Å². The predicted octanol–water partition coefficient (Wildman–Crippen LogP) is 8.40. The summed E-state index contributed by atoms with van der Waals surface area (Å²) >= 11 is 12.5. The maximum absolute atomic E-state index is 12.9. The molecule has 0 spiro atoms. The monoisotopic (exact) mass is 586 g/mol. The highest BCUT2D eigenvalue weighted by Gasteiger charge is 2.15. The third-order valence-corrected chi connectivity index (χ3v) is 6.44. The largest absolute Gasteiger partial charge is 0.490 e. The van der Waals surface area contributed by atoms with Crippen molar-refractivity contribution in [3.8, 4) is 23.3 Å². The molecule has 0 heterocycles. The van der Waals surface area contributed by atoms with Gasteiger partial charge < -0.3 is 19.5 Å². The summed E-state index contributed by atoms with van der Waals surface area (Å²) in [6.07, 6.45) is 1.46. The molecule has 0 fully saturated rings. The standard InChI is InChI=1S/C33H28Cl2N2O4/c1-3-39-31-18-25(17-30(35)32(31)41-21-24-6-4-5-22(2)15-24)16-26(19-36)33(38)37-28-11-13-29(14-12-28)40-20-23-7-9-27(34)10-8-23/h4-18H,3,20-21H2,1-2H3,(H,37,38)/b26-16+. The molecule has 41 heavy (non-hydrogen) atoms. The molecule has 0 aliphatic heterocycles. The summed E-state index contributed by atoms with van der Waals surface area (Å²) < 4.78 is 17.5. The number of ether oxygens (including phenoxy) is 3. The molecule has 1 amide bonds. The lowest BCUT2D eigenvalue weighted by atomic mass is 10.1. The van der Waals surface area contributed by atoms with Crippen LogP contribution < -0.4 is 19.5 Å². The zero-order chi connectivity index (χ0) is 29.2. The Bertz CT molecular complexity index is 1580. The first-order chi connectivity index (χ1) is 19.8. The molecule has 0 atom stereocenters. The van der Waals surface area contributed by atoms with Gasteiger partial charge in [-0.25, -0.2) is 0 Å². The van der Waals surface area contributed by atoms with E-state index in [1.807, 2.05) is 56.3 Å². The summed E-state index contributed by atoms with van der Waals surface area (Å²) in [5.74, 6) is 0.896. The molecule has 0 aromatic heterocycles. The Morgan fingerprint density at radius 1 is 0.902 bits per heavy atom. The van der Waals surface area contributed by atoms with E-state index in [-0.39, 0.29) is 5.57 Å². The number of hydrogen-bond donors (Lipinski definition) is 1. The van der Waals surface area contributed by atoms with Gasteiger partial charge in [0, 0.05) is 10.7 Å². The molecular formula is C33H28Cl2N2O4.